The molecule has 3 heterocycles. The van der Waals surface area contributed by atoms with E-state index in [1.54, 1.807) is 23.1 Å². The summed E-state index contributed by atoms with van der Waals surface area (Å²) < 4.78 is 7.33. The van der Waals surface area contributed by atoms with Gasteiger partial charge in [-0.3, -0.25) is 0 Å². The number of aryl methyl sites for hydroxylation is 2. The van der Waals surface area contributed by atoms with E-state index in [-0.39, 0.29) is 0 Å². The van der Waals surface area contributed by atoms with Gasteiger partial charge in [-0.1, -0.05) is 11.8 Å². The topological polar surface area (TPSA) is 65.7 Å². The van der Waals surface area contributed by atoms with Gasteiger partial charge in [0, 0.05) is 18.1 Å². The Labute approximate surface area is 125 Å². The molecule has 0 saturated carbocycles. The number of rotatable bonds is 4. The van der Waals surface area contributed by atoms with Crippen molar-refractivity contribution < 1.29 is 4.74 Å². The molecule has 3 rings (SSSR count). The van der Waals surface area contributed by atoms with Gasteiger partial charge in [0.1, 0.15) is 5.01 Å². The highest BCUT2D eigenvalue weighted by Gasteiger charge is 2.20. The molecule has 1 fully saturated rings. The Bertz CT molecular complexity index is 557. The summed E-state index contributed by atoms with van der Waals surface area (Å²) in [4.78, 5) is 5.83. The van der Waals surface area contributed by atoms with Crippen molar-refractivity contribution in [3.05, 3.63) is 15.6 Å². The third kappa shape index (κ3) is 3.02. The Morgan fingerprint density at radius 3 is 2.85 bits per heavy atom. The van der Waals surface area contributed by atoms with Crippen molar-refractivity contribution in [3.63, 3.8) is 0 Å². The molecule has 2 aromatic rings. The molecule has 20 heavy (non-hydrogen) atoms. The Morgan fingerprint density at radius 2 is 2.15 bits per heavy atom. The van der Waals surface area contributed by atoms with E-state index in [4.69, 9.17) is 4.74 Å². The van der Waals surface area contributed by atoms with Crippen LogP contribution in [0.15, 0.2) is 5.16 Å². The van der Waals surface area contributed by atoms with Gasteiger partial charge in [0.2, 0.25) is 5.16 Å². The number of thioether (sulfide) groups is 1. The van der Waals surface area contributed by atoms with Crippen LogP contribution in [0, 0.1) is 13.8 Å². The molecular weight excluding hydrogens is 294 g/mol. The number of nitrogens with zero attached hydrogens (tertiary/aromatic N) is 5. The molecule has 0 amide bonds. The first-order valence-corrected chi connectivity index (χ1v) is 8.45. The highest BCUT2D eigenvalue weighted by Crippen LogP contribution is 2.28. The van der Waals surface area contributed by atoms with E-state index >= 15 is 0 Å². The minimum Gasteiger partial charge on any atom is -0.381 e. The van der Waals surface area contributed by atoms with Gasteiger partial charge in [-0.05, 0) is 37.1 Å². The smallest absolute Gasteiger partial charge is 0.209 e. The number of thiazole rings is 1. The maximum Gasteiger partial charge on any atom is 0.209 e. The fourth-order valence-electron chi connectivity index (χ4n) is 2.17. The van der Waals surface area contributed by atoms with Crippen molar-refractivity contribution in [3.8, 4) is 0 Å². The molecule has 108 valence electrons. The molecule has 1 saturated heterocycles. The van der Waals surface area contributed by atoms with Crippen LogP contribution in [-0.2, 0) is 10.5 Å². The van der Waals surface area contributed by atoms with E-state index in [1.165, 1.54) is 4.88 Å². The molecule has 0 unspecified atom stereocenters. The summed E-state index contributed by atoms with van der Waals surface area (Å²) in [5.41, 5.74) is 1.12. The lowest BCUT2D eigenvalue weighted by Crippen LogP contribution is -2.21. The Morgan fingerprint density at radius 1 is 1.35 bits per heavy atom. The highest BCUT2D eigenvalue weighted by atomic mass is 32.2. The molecule has 0 aromatic carbocycles. The molecule has 0 aliphatic carbocycles. The van der Waals surface area contributed by atoms with Crippen LogP contribution in [0.2, 0.25) is 0 Å². The van der Waals surface area contributed by atoms with Crippen LogP contribution in [0.5, 0.6) is 0 Å². The zero-order valence-electron chi connectivity index (χ0n) is 11.6. The standard InChI is InChI=1S/C12H17N5OS2/c1-8-9(2)20-11(13-8)7-19-12-14-15-16-17(12)10-3-5-18-6-4-10/h10H,3-7H2,1-2H3. The summed E-state index contributed by atoms with van der Waals surface area (Å²) in [7, 11) is 0. The number of hydrogen-bond donors (Lipinski definition) is 0. The summed E-state index contributed by atoms with van der Waals surface area (Å²) in [6.07, 6.45) is 1.96. The molecule has 2 aromatic heterocycles. The van der Waals surface area contributed by atoms with Crippen LogP contribution in [0.3, 0.4) is 0 Å². The predicted molar refractivity (Wildman–Crippen MR) is 78.1 cm³/mol. The van der Waals surface area contributed by atoms with Gasteiger partial charge in [-0.15, -0.1) is 16.4 Å². The quantitative estimate of drug-likeness (QED) is 0.808. The predicted octanol–water partition coefficient (Wildman–Crippen LogP) is 2.39. The van der Waals surface area contributed by atoms with E-state index in [0.29, 0.717) is 6.04 Å². The van der Waals surface area contributed by atoms with Crippen molar-refractivity contribution >= 4 is 23.1 Å². The fourth-order valence-corrected chi connectivity index (χ4v) is 4.04. The average molecular weight is 311 g/mol. The van der Waals surface area contributed by atoms with Gasteiger partial charge in [0.25, 0.3) is 0 Å². The van der Waals surface area contributed by atoms with Crippen LogP contribution in [0.25, 0.3) is 0 Å². The Balaban J connectivity index is 1.67. The summed E-state index contributed by atoms with van der Waals surface area (Å²) in [5, 5.41) is 14.1. The van der Waals surface area contributed by atoms with E-state index in [2.05, 4.69) is 27.4 Å². The van der Waals surface area contributed by atoms with Crippen LogP contribution in [0.4, 0.5) is 0 Å². The van der Waals surface area contributed by atoms with Crippen molar-refractivity contribution in [1.82, 2.24) is 25.2 Å². The number of aromatic nitrogens is 5. The molecule has 0 bridgehead atoms. The van der Waals surface area contributed by atoms with Crippen LogP contribution in [-0.4, -0.2) is 38.4 Å². The third-order valence-electron chi connectivity index (χ3n) is 3.40. The molecule has 6 nitrogen and oxygen atoms in total. The van der Waals surface area contributed by atoms with E-state index in [1.807, 2.05) is 11.6 Å². The Kier molecular flexibility index (Phi) is 4.32. The van der Waals surface area contributed by atoms with Gasteiger partial charge >= 0.3 is 0 Å². The summed E-state index contributed by atoms with van der Waals surface area (Å²) in [6.45, 7) is 5.73. The second kappa shape index (κ2) is 6.19. The monoisotopic (exact) mass is 311 g/mol. The summed E-state index contributed by atoms with van der Waals surface area (Å²) in [5.74, 6) is 0.822. The maximum atomic E-state index is 5.39. The maximum absolute atomic E-state index is 5.39. The van der Waals surface area contributed by atoms with Crippen molar-refractivity contribution in [2.75, 3.05) is 13.2 Å². The van der Waals surface area contributed by atoms with Gasteiger partial charge in [0.05, 0.1) is 17.5 Å². The number of ether oxygens (including phenoxy) is 1. The zero-order valence-corrected chi connectivity index (χ0v) is 13.2. The molecule has 0 atom stereocenters. The van der Waals surface area contributed by atoms with E-state index < -0.39 is 0 Å². The third-order valence-corrected chi connectivity index (χ3v) is 5.60. The van der Waals surface area contributed by atoms with Gasteiger partial charge in [-0.2, -0.15) is 0 Å². The minimum atomic E-state index is 0.362. The van der Waals surface area contributed by atoms with Gasteiger partial charge in [0.15, 0.2) is 0 Å². The lowest BCUT2D eigenvalue weighted by Gasteiger charge is -2.22. The van der Waals surface area contributed by atoms with Gasteiger partial charge < -0.3 is 4.74 Å². The lowest BCUT2D eigenvalue weighted by atomic mass is 10.1. The lowest BCUT2D eigenvalue weighted by molar-refractivity contribution is 0.0631. The largest absolute Gasteiger partial charge is 0.381 e. The van der Waals surface area contributed by atoms with Crippen LogP contribution in [0.1, 0.15) is 34.5 Å². The zero-order chi connectivity index (χ0) is 13.9. The second-order valence-corrected chi connectivity index (χ2v) is 7.02. The molecule has 1 aliphatic rings. The SMILES string of the molecule is Cc1nc(CSc2nnnn2C2CCOCC2)sc1C. The van der Waals surface area contributed by atoms with Crippen LogP contribution < -0.4 is 0 Å². The minimum absolute atomic E-state index is 0.362. The number of hydrogen-bond acceptors (Lipinski definition) is 7. The fraction of sp³-hybridized carbons (Fsp3) is 0.667. The highest BCUT2D eigenvalue weighted by molar-refractivity contribution is 7.98. The normalized spacial score (nSPS) is 16.7. The molecule has 1 aliphatic heterocycles. The van der Waals surface area contributed by atoms with Crippen molar-refractivity contribution in [2.45, 2.75) is 43.6 Å². The Hall–Kier alpha value is -0.990. The molecule has 0 N–H and O–H groups in total. The number of tetrazole rings is 1. The van der Waals surface area contributed by atoms with E-state index in [0.717, 1.165) is 47.7 Å². The first-order valence-electron chi connectivity index (χ1n) is 6.65. The summed E-state index contributed by atoms with van der Waals surface area (Å²) in [6, 6.07) is 0.362. The summed E-state index contributed by atoms with van der Waals surface area (Å²) >= 11 is 3.40. The molecule has 0 spiro atoms. The molecule has 0 radical (unpaired) electrons. The average Bonchev–Trinajstić information content (AvgIpc) is 3.05. The van der Waals surface area contributed by atoms with Gasteiger partial charge in [-0.25, -0.2) is 9.67 Å². The first kappa shape index (κ1) is 14.0. The van der Waals surface area contributed by atoms with Crippen molar-refractivity contribution in [2.24, 2.45) is 0 Å². The van der Waals surface area contributed by atoms with Crippen molar-refractivity contribution in [1.29, 1.82) is 0 Å². The first-order chi connectivity index (χ1) is 9.74. The van der Waals surface area contributed by atoms with E-state index in [9.17, 15) is 0 Å². The molecule has 8 heteroatoms. The van der Waals surface area contributed by atoms with Crippen LogP contribution >= 0.6 is 23.1 Å². The second-order valence-electron chi connectivity index (χ2n) is 4.79. The molecular formula is C12H17N5OS2.